The minimum absolute atomic E-state index is 0.0688. The topological polar surface area (TPSA) is 81.5 Å². The van der Waals surface area contributed by atoms with Crippen LogP contribution in [0.4, 0.5) is 4.39 Å². The van der Waals surface area contributed by atoms with Gasteiger partial charge in [-0.25, -0.2) is 9.07 Å². The first-order valence-corrected chi connectivity index (χ1v) is 11.6. The Morgan fingerprint density at radius 1 is 1.06 bits per heavy atom. The molecule has 1 amide bonds. The second kappa shape index (κ2) is 10.6. The van der Waals surface area contributed by atoms with Gasteiger partial charge in [0.15, 0.2) is 6.61 Å². The lowest BCUT2D eigenvalue weighted by Gasteiger charge is -2.34. The van der Waals surface area contributed by atoms with Gasteiger partial charge in [-0.1, -0.05) is 49.6 Å². The van der Waals surface area contributed by atoms with Crippen molar-refractivity contribution in [1.29, 1.82) is 0 Å². The van der Waals surface area contributed by atoms with Crippen LogP contribution in [0, 0.1) is 5.82 Å². The zero-order valence-corrected chi connectivity index (χ0v) is 19.2. The number of amides is 1. The number of nitrogens with zero attached hydrogens (tertiary/aromatic N) is 3. The Morgan fingerprint density at radius 3 is 2.44 bits per heavy atom. The van der Waals surface area contributed by atoms with E-state index in [1.165, 1.54) is 23.9 Å². The first-order valence-electron chi connectivity index (χ1n) is 11.6. The van der Waals surface area contributed by atoms with E-state index in [1.54, 1.807) is 41.3 Å². The summed E-state index contributed by atoms with van der Waals surface area (Å²) in [6, 6.07) is 13.1. The normalized spacial score (nSPS) is 14.2. The fourth-order valence-electron chi connectivity index (χ4n) is 4.52. The van der Waals surface area contributed by atoms with Gasteiger partial charge < -0.3 is 9.64 Å². The van der Waals surface area contributed by atoms with Gasteiger partial charge in [-0.05, 0) is 36.6 Å². The van der Waals surface area contributed by atoms with Crippen molar-refractivity contribution >= 4 is 22.6 Å². The molecule has 34 heavy (non-hydrogen) atoms. The third kappa shape index (κ3) is 5.50. The average Bonchev–Trinajstić information content (AvgIpc) is 2.86. The van der Waals surface area contributed by atoms with Crippen molar-refractivity contribution in [2.24, 2.45) is 7.05 Å². The van der Waals surface area contributed by atoms with Crippen LogP contribution in [-0.4, -0.2) is 39.2 Å². The van der Waals surface area contributed by atoms with Crippen molar-refractivity contribution in [3.8, 4) is 0 Å². The van der Waals surface area contributed by atoms with Crippen molar-refractivity contribution in [3.05, 3.63) is 76.0 Å². The summed E-state index contributed by atoms with van der Waals surface area (Å²) < 4.78 is 19.8. The Balaban J connectivity index is 1.44. The predicted molar refractivity (Wildman–Crippen MR) is 125 cm³/mol. The van der Waals surface area contributed by atoms with Crippen LogP contribution in [-0.2, 0) is 34.3 Å². The minimum atomic E-state index is -0.588. The van der Waals surface area contributed by atoms with E-state index in [4.69, 9.17) is 4.74 Å². The zero-order chi connectivity index (χ0) is 24.1. The molecule has 0 spiro atoms. The van der Waals surface area contributed by atoms with Crippen LogP contribution in [0.5, 0.6) is 0 Å². The number of hydrogen-bond donors (Lipinski definition) is 0. The largest absolute Gasteiger partial charge is 0.455 e. The monoisotopic (exact) mass is 465 g/mol. The molecule has 0 saturated heterocycles. The van der Waals surface area contributed by atoms with Gasteiger partial charge in [0.05, 0.1) is 17.5 Å². The molecular weight excluding hydrogens is 437 g/mol. The molecule has 0 bridgehead atoms. The summed E-state index contributed by atoms with van der Waals surface area (Å²) in [5.74, 6) is -1.19. The summed E-state index contributed by atoms with van der Waals surface area (Å²) in [5, 5.41) is 5.28. The van der Waals surface area contributed by atoms with Gasteiger partial charge in [0.1, 0.15) is 5.82 Å². The highest BCUT2D eigenvalue weighted by atomic mass is 19.1. The van der Waals surface area contributed by atoms with E-state index < -0.39 is 5.97 Å². The zero-order valence-electron chi connectivity index (χ0n) is 19.2. The lowest BCUT2D eigenvalue weighted by molar-refractivity contribution is -0.153. The number of fused-ring (bicyclic) bond motifs is 1. The highest BCUT2D eigenvalue weighted by molar-refractivity contribution is 5.87. The van der Waals surface area contributed by atoms with E-state index in [2.05, 4.69) is 5.10 Å². The van der Waals surface area contributed by atoms with E-state index in [1.807, 2.05) is 0 Å². The molecule has 2 aromatic carbocycles. The molecule has 0 atom stereocenters. The number of hydrogen-bond acceptors (Lipinski definition) is 5. The molecule has 7 nitrogen and oxygen atoms in total. The van der Waals surface area contributed by atoms with Crippen LogP contribution >= 0.6 is 0 Å². The van der Waals surface area contributed by atoms with Crippen molar-refractivity contribution in [2.75, 3.05) is 6.61 Å². The number of ether oxygens (including phenoxy) is 1. The summed E-state index contributed by atoms with van der Waals surface area (Å²) in [6.45, 7) is -0.0332. The fraction of sp³-hybridized carbons (Fsp3) is 0.385. The quantitative estimate of drug-likeness (QED) is 0.499. The van der Waals surface area contributed by atoms with Gasteiger partial charge in [0.2, 0.25) is 0 Å². The van der Waals surface area contributed by atoms with Gasteiger partial charge in [0, 0.05) is 25.0 Å². The van der Waals surface area contributed by atoms with Crippen LogP contribution in [0.3, 0.4) is 0 Å². The molecule has 1 fully saturated rings. The van der Waals surface area contributed by atoms with Gasteiger partial charge in [-0.15, -0.1) is 0 Å². The van der Waals surface area contributed by atoms with Crippen molar-refractivity contribution in [2.45, 2.75) is 51.1 Å². The third-order valence-electron chi connectivity index (χ3n) is 6.30. The highest BCUT2D eigenvalue weighted by Gasteiger charge is 2.26. The molecule has 0 radical (unpaired) electrons. The van der Waals surface area contributed by atoms with Crippen LogP contribution in [0.1, 0.15) is 43.4 Å². The SMILES string of the molecule is Cn1nc(CC(=O)OCC(=O)N(Cc2ccc(F)cc2)C2CCCCC2)c2ccccc2c1=O. The number of aromatic nitrogens is 2. The molecule has 4 rings (SSSR count). The number of carbonyl (C=O) groups is 2. The first-order chi connectivity index (χ1) is 16.4. The summed E-state index contributed by atoms with van der Waals surface area (Å²) in [5.41, 5.74) is 1.00. The van der Waals surface area contributed by atoms with Crippen LogP contribution in [0.25, 0.3) is 10.8 Å². The number of rotatable bonds is 7. The van der Waals surface area contributed by atoms with E-state index in [0.717, 1.165) is 37.7 Å². The second-order valence-electron chi connectivity index (χ2n) is 8.70. The Hall–Kier alpha value is -3.55. The molecule has 1 aromatic heterocycles. The standard InChI is InChI=1S/C26H28FN3O4/c1-29-26(33)22-10-6-5-9-21(22)23(28-29)15-25(32)34-17-24(31)30(20-7-3-2-4-8-20)16-18-11-13-19(27)14-12-18/h5-6,9-14,20H,2-4,7-8,15-17H2,1H3. The molecule has 0 unspecified atom stereocenters. The number of aryl methyl sites for hydroxylation is 1. The number of carbonyl (C=O) groups excluding carboxylic acids is 2. The van der Waals surface area contributed by atoms with E-state index in [9.17, 15) is 18.8 Å². The molecule has 178 valence electrons. The van der Waals surface area contributed by atoms with Gasteiger partial charge in [0.25, 0.3) is 11.5 Å². The molecule has 0 N–H and O–H groups in total. The van der Waals surface area contributed by atoms with Gasteiger partial charge in [-0.2, -0.15) is 5.10 Å². The van der Waals surface area contributed by atoms with Gasteiger partial charge >= 0.3 is 5.97 Å². The number of esters is 1. The smallest absolute Gasteiger partial charge is 0.312 e. The third-order valence-corrected chi connectivity index (χ3v) is 6.30. The maximum absolute atomic E-state index is 13.3. The molecule has 0 aliphatic heterocycles. The lowest BCUT2D eigenvalue weighted by Crippen LogP contribution is -2.43. The Kier molecular flexibility index (Phi) is 7.35. The van der Waals surface area contributed by atoms with Crippen LogP contribution < -0.4 is 5.56 Å². The van der Waals surface area contributed by atoms with Crippen LogP contribution in [0.15, 0.2) is 53.3 Å². The minimum Gasteiger partial charge on any atom is -0.455 e. The van der Waals surface area contributed by atoms with Crippen molar-refractivity contribution in [1.82, 2.24) is 14.7 Å². The average molecular weight is 466 g/mol. The molecule has 1 aliphatic rings. The van der Waals surface area contributed by atoms with E-state index in [0.29, 0.717) is 23.0 Å². The van der Waals surface area contributed by atoms with Crippen LogP contribution in [0.2, 0.25) is 0 Å². The Labute approximate surface area is 197 Å². The second-order valence-corrected chi connectivity index (χ2v) is 8.70. The molecule has 3 aromatic rings. The number of halogens is 1. The van der Waals surface area contributed by atoms with Crippen molar-refractivity contribution < 1.29 is 18.7 Å². The predicted octanol–water partition coefficient (Wildman–Crippen LogP) is 3.52. The first kappa shape index (κ1) is 23.6. The maximum Gasteiger partial charge on any atom is 0.312 e. The summed E-state index contributed by atoms with van der Waals surface area (Å²) in [7, 11) is 1.53. The summed E-state index contributed by atoms with van der Waals surface area (Å²) >= 11 is 0. The Bertz CT molecular complexity index is 1230. The molecular formula is C26H28FN3O4. The number of benzene rings is 2. The molecule has 1 heterocycles. The Morgan fingerprint density at radius 2 is 1.74 bits per heavy atom. The molecule has 1 saturated carbocycles. The molecule has 1 aliphatic carbocycles. The van der Waals surface area contributed by atoms with Crippen molar-refractivity contribution in [3.63, 3.8) is 0 Å². The molecule has 8 heteroatoms. The fourth-order valence-corrected chi connectivity index (χ4v) is 4.52. The summed E-state index contributed by atoms with van der Waals surface area (Å²) in [4.78, 5) is 39.7. The lowest BCUT2D eigenvalue weighted by atomic mass is 9.93. The van der Waals surface area contributed by atoms with Gasteiger partial charge in [-0.3, -0.25) is 14.4 Å². The maximum atomic E-state index is 13.3. The van der Waals surface area contributed by atoms with E-state index >= 15 is 0 Å². The summed E-state index contributed by atoms with van der Waals surface area (Å²) in [6.07, 6.45) is 4.88. The highest BCUT2D eigenvalue weighted by Crippen LogP contribution is 2.24. The van der Waals surface area contributed by atoms with E-state index in [-0.39, 0.29) is 36.4 Å².